The van der Waals surface area contributed by atoms with E-state index in [4.69, 9.17) is 0 Å². The molecule has 2 aromatic carbocycles. The second-order valence-electron chi connectivity index (χ2n) is 6.78. The zero-order valence-electron chi connectivity index (χ0n) is 17.4. The molecule has 1 unspecified atom stereocenters. The molecule has 3 rings (SSSR count). The number of carbonyl (C=O) groups is 1. The zero-order valence-corrected chi connectivity index (χ0v) is 18.2. The second kappa shape index (κ2) is 11.1. The monoisotopic (exact) mass is 434 g/mol. The first-order valence-electron chi connectivity index (χ1n) is 9.87. The van der Waals surface area contributed by atoms with E-state index in [1.165, 1.54) is 23.9 Å². The molecule has 0 bridgehead atoms. The van der Waals surface area contributed by atoms with Crippen LogP contribution in [0.3, 0.4) is 0 Å². The van der Waals surface area contributed by atoms with E-state index in [1.54, 1.807) is 18.2 Å². The van der Waals surface area contributed by atoms with Crippen molar-refractivity contribution in [2.75, 3.05) is 11.1 Å². The molecule has 1 aromatic heterocycles. The molecule has 7 heteroatoms. The summed E-state index contributed by atoms with van der Waals surface area (Å²) in [6.45, 7) is 3.94. The van der Waals surface area contributed by atoms with Gasteiger partial charge in [-0.15, -0.1) is 10.2 Å². The molecule has 0 saturated heterocycles. The Kier molecular flexibility index (Phi) is 8.02. The Morgan fingerprint density at radius 1 is 1.19 bits per heavy atom. The number of thioether (sulfide) groups is 1. The first kappa shape index (κ1) is 22.3. The summed E-state index contributed by atoms with van der Waals surface area (Å²) in [4.78, 5) is 12.4. The Balaban J connectivity index is 1.80. The van der Waals surface area contributed by atoms with Crippen LogP contribution in [0.5, 0.6) is 0 Å². The Bertz CT molecular complexity index is 1100. The van der Waals surface area contributed by atoms with Crippen molar-refractivity contribution in [3.8, 4) is 17.5 Å². The third-order valence-electron chi connectivity index (χ3n) is 4.33. The standard InChI is InChI=1S/C24H23FN4OS/c1-3-4-5-7-10-18(2)23-27-28-24(29(23)21-15-13-19(25)14-16-21)31-17-22(30)26-20-11-8-6-9-12-20/h3-4,6,8-9,11-16,18H,10,17H2,1-2H3,(H,26,30)/b4-3-. The van der Waals surface area contributed by atoms with Gasteiger partial charge in [-0.25, -0.2) is 4.39 Å². The number of rotatable bonds is 7. The smallest absolute Gasteiger partial charge is 0.234 e. The van der Waals surface area contributed by atoms with Crippen LogP contribution in [-0.2, 0) is 4.79 Å². The number of nitrogens with zero attached hydrogens (tertiary/aromatic N) is 3. The fourth-order valence-electron chi connectivity index (χ4n) is 2.82. The number of hydrogen-bond acceptors (Lipinski definition) is 4. The summed E-state index contributed by atoms with van der Waals surface area (Å²) in [6.07, 6.45) is 4.28. The molecular formula is C24H23FN4OS. The largest absolute Gasteiger partial charge is 0.325 e. The van der Waals surface area contributed by atoms with Crippen molar-refractivity contribution in [2.24, 2.45) is 0 Å². The van der Waals surface area contributed by atoms with Gasteiger partial charge < -0.3 is 5.32 Å². The van der Waals surface area contributed by atoms with E-state index in [2.05, 4.69) is 27.4 Å². The number of benzene rings is 2. The van der Waals surface area contributed by atoms with Gasteiger partial charge in [0.2, 0.25) is 5.91 Å². The van der Waals surface area contributed by atoms with E-state index in [1.807, 2.05) is 54.8 Å². The summed E-state index contributed by atoms with van der Waals surface area (Å²) in [6, 6.07) is 15.4. The van der Waals surface area contributed by atoms with Gasteiger partial charge in [-0.3, -0.25) is 9.36 Å². The summed E-state index contributed by atoms with van der Waals surface area (Å²) in [5.74, 6) is 6.51. The van der Waals surface area contributed by atoms with Crippen LogP contribution in [0.4, 0.5) is 10.1 Å². The lowest BCUT2D eigenvalue weighted by atomic mass is 10.1. The summed E-state index contributed by atoms with van der Waals surface area (Å²) in [5, 5.41) is 12.1. The van der Waals surface area contributed by atoms with Crippen molar-refractivity contribution in [1.82, 2.24) is 14.8 Å². The van der Waals surface area contributed by atoms with Crippen LogP contribution in [0.1, 0.15) is 32.0 Å². The van der Waals surface area contributed by atoms with E-state index in [0.717, 1.165) is 11.4 Å². The van der Waals surface area contributed by atoms with E-state index >= 15 is 0 Å². The maximum absolute atomic E-state index is 13.5. The van der Waals surface area contributed by atoms with Crippen LogP contribution in [0, 0.1) is 17.7 Å². The number of amides is 1. The van der Waals surface area contributed by atoms with Gasteiger partial charge >= 0.3 is 0 Å². The Morgan fingerprint density at radius 3 is 2.65 bits per heavy atom. The SMILES string of the molecule is C/C=C\C#CCC(C)c1nnc(SCC(=O)Nc2ccccc2)n1-c1ccc(F)cc1. The van der Waals surface area contributed by atoms with Crippen molar-refractivity contribution in [2.45, 2.75) is 31.3 Å². The highest BCUT2D eigenvalue weighted by Gasteiger charge is 2.20. The van der Waals surface area contributed by atoms with Gasteiger partial charge in [0.05, 0.1) is 5.75 Å². The topological polar surface area (TPSA) is 59.8 Å². The zero-order chi connectivity index (χ0) is 22.1. The molecule has 0 aliphatic rings. The van der Waals surface area contributed by atoms with Crippen LogP contribution in [0.25, 0.3) is 5.69 Å². The van der Waals surface area contributed by atoms with Crippen molar-refractivity contribution in [1.29, 1.82) is 0 Å². The van der Waals surface area contributed by atoms with Gasteiger partial charge in [0.25, 0.3) is 0 Å². The Hall–Kier alpha value is -3.37. The summed E-state index contributed by atoms with van der Waals surface area (Å²) in [5.41, 5.74) is 1.47. The average Bonchev–Trinajstić information content (AvgIpc) is 3.20. The summed E-state index contributed by atoms with van der Waals surface area (Å²) >= 11 is 1.28. The summed E-state index contributed by atoms with van der Waals surface area (Å²) in [7, 11) is 0. The molecule has 3 aromatic rings. The molecule has 0 aliphatic heterocycles. The van der Waals surface area contributed by atoms with Crippen LogP contribution in [0.2, 0.25) is 0 Å². The minimum atomic E-state index is -0.319. The van der Waals surface area contributed by atoms with Gasteiger partial charge in [-0.2, -0.15) is 0 Å². The number of para-hydroxylation sites is 1. The number of aromatic nitrogens is 3. The molecule has 0 spiro atoms. The molecule has 0 radical (unpaired) electrons. The number of carbonyl (C=O) groups excluding carboxylic acids is 1. The molecular weight excluding hydrogens is 411 g/mol. The van der Waals surface area contributed by atoms with E-state index < -0.39 is 0 Å². The second-order valence-corrected chi connectivity index (χ2v) is 7.72. The first-order valence-corrected chi connectivity index (χ1v) is 10.9. The van der Waals surface area contributed by atoms with E-state index in [-0.39, 0.29) is 23.4 Å². The Labute approximate surface area is 185 Å². The van der Waals surface area contributed by atoms with Crippen LogP contribution in [-0.4, -0.2) is 26.4 Å². The Morgan fingerprint density at radius 2 is 1.94 bits per heavy atom. The fraction of sp³-hybridized carbons (Fsp3) is 0.208. The molecule has 158 valence electrons. The van der Waals surface area contributed by atoms with Gasteiger partial charge in [0.1, 0.15) is 11.6 Å². The molecule has 0 saturated carbocycles. The van der Waals surface area contributed by atoms with Gasteiger partial charge in [0, 0.05) is 23.7 Å². The first-order chi connectivity index (χ1) is 15.1. The van der Waals surface area contributed by atoms with Crippen LogP contribution >= 0.6 is 11.8 Å². The van der Waals surface area contributed by atoms with Crippen molar-refractivity contribution < 1.29 is 9.18 Å². The normalized spacial score (nSPS) is 11.7. The predicted molar refractivity (Wildman–Crippen MR) is 123 cm³/mol. The third-order valence-corrected chi connectivity index (χ3v) is 5.26. The molecule has 0 aliphatic carbocycles. The maximum atomic E-state index is 13.5. The lowest BCUT2D eigenvalue weighted by Crippen LogP contribution is -2.14. The number of allylic oxidation sites excluding steroid dienone is 2. The minimum absolute atomic E-state index is 0.00260. The van der Waals surface area contributed by atoms with Gasteiger partial charge in [-0.05, 0) is 49.4 Å². The number of nitrogens with one attached hydrogen (secondary N) is 1. The molecule has 31 heavy (non-hydrogen) atoms. The molecule has 1 heterocycles. The highest BCUT2D eigenvalue weighted by atomic mass is 32.2. The molecule has 1 amide bonds. The minimum Gasteiger partial charge on any atom is -0.325 e. The molecule has 1 atom stereocenters. The van der Waals surface area contributed by atoms with E-state index in [0.29, 0.717) is 17.4 Å². The van der Waals surface area contributed by atoms with Crippen molar-refractivity contribution >= 4 is 23.4 Å². The number of anilines is 1. The highest BCUT2D eigenvalue weighted by molar-refractivity contribution is 7.99. The summed E-state index contributed by atoms with van der Waals surface area (Å²) < 4.78 is 15.3. The highest BCUT2D eigenvalue weighted by Crippen LogP contribution is 2.27. The lowest BCUT2D eigenvalue weighted by molar-refractivity contribution is -0.113. The van der Waals surface area contributed by atoms with Crippen LogP contribution < -0.4 is 5.32 Å². The number of hydrogen-bond donors (Lipinski definition) is 1. The van der Waals surface area contributed by atoms with Gasteiger partial charge in [0.15, 0.2) is 5.16 Å². The van der Waals surface area contributed by atoms with E-state index in [9.17, 15) is 9.18 Å². The van der Waals surface area contributed by atoms with Crippen molar-refractivity contribution in [3.05, 3.63) is 78.4 Å². The molecule has 5 nitrogen and oxygen atoms in total. The predicted octanol–water partition coefficient (Wildman–Crippen LogP) is 5.21. The quantitative estimate of drug-likeness (QED) is 0.410. The molecule has 1 N–H and O–H groups in total. The average molecular weight is 435 g/mol. The lowest BCUT2D eigenvalue weighted by Gasteiger charge is -2.13. The van der Waals surface area contributed by atoms with Crippen LogP contribution in [0.15, 0.2) is 71.9 Å². The maximum Gasteiger partial charge on any atom is 0.234 e. The molecule has 0 fully saturated rings. The fourth-order valence-corrected chi connectivity index (χ4v) is 3.58. The van der Waals surface area contributed by atoms with Crippen molar-refractivity contribution in [3.63, 3.8) is 0 Å². The van der Waals surface area contributed by atoms with Gasteiger partial charge in [-0.1, -0.05) is 54.8 Å². The number of halogens is 1. The third kappa shape index (κ3) is 6.30.